The smallest absolute Gasteiger partial charge is 0.142 e. The Morgan fingerprint density at radius 1 is 1.48 bits per heavy atom. The van der Waals surface area contributed by atoms with Crippen molar-refractivity contribution in [2.45, 2.75) is 33.1 Å². The van der Waals surface area contributed by atoms with E-state index in [1.807, 2.05) is 19.1 Å². The third-order valence-electron chi connectivity index (χ3n) is 4.80. The summed E-state index contributed by atoms with van der Waals surface area (Å²) < 4.78 is 5.30. The molecule has 0 amide bonds. The predicted molar refractivity (Wildman–Crippen MR) is 113 cm³/mol. The number of rotatable bonds is 9. The van der Waals surface area contributed by atoms with E-state index in [1.54, 1.807) is 25.3 Å². The van der Waals surface area contributed by atoms with Crippen LogP contribution in [0.25, 0.3) is 0 Å². The van der Waals surface area contributed by atoms with Crippen LogP contribution in [0.15, 0.2) is 47.8 Å². The number of benzene rings is 1. The number of nitrogens with zero attached hydrogens (tertiary/aromatic N) is 1. The van der Waals surface area contributed by atoms with E-state index >= 15 is 0 Å². The van der Waals surface area contributed by atoms with E-state index in [0.29, 0.717) is 29.4 Å². The fourth-order valence-corrected chi connectivity index (χ4v) is 2.93. The minimum Gasteiger partial charge on any atom is -0.506 e. The molecule has 0 saturated heterocycles. The zero-order chi connectivity index (χ0) is 19.8. The van der Waals surface area contributed by atoms with Crippen LogP contribution in [-0.2, 0) is 4.74 Å². The summed E-state index contributed by atoms with van der Waals surface area (Å²) in [6.45, 7) is 8.75. The molecule has 1 aliphatic rings. The average molecular weight is 370 g/mol. The van der Waals surface area contributed by atoms with Crippen LogP contribution in [0.3, 0.4) is 0 Å². The summed E-state index contributed by atoms with van der Waals surface area (Å²) >= 11 is 0. The molecule has 6 nitrogen and oxygen atoms in total. The predicted octanol–water partition coefficient (Wildman–Crippen LogP) is 4.76. The first kappa shape index (κ1) is 20.6. The Bertz CT molecular complexity index is 740. The molecule has 2 rings (SSSR count). The maximum Gasteiger partial charge on any atom is 0.142 e. The highest BCUT2D eigenvalue weighted by Crippen LogP contribution is 2.28. The van der Waals surface area contributed by atoms with Crippen LogP contribution in [0.5, 0.6) is 5.75 Å². The number of aromatic hydroxyl groups is 1. The molecule has 4 N–H and O–H groups in total. The fraction of sp³-hybridized carbons (Fsp3) is 0.429. The number of ether oxygens (including phenoxy) is 1. The van der Waals surface area contributed by atoms with Crippen molar-refractivity contribution >= 4 is 22.8 Å². The molecule has 0 spiro atoms. The summed E-state index contributed by atoms with van der Waals surface area (Å²) in [4.78, 5) is 0. The minimum absolute atomic E-state index is 0.0488. The van der Waals surface area contributed by atoms with Crippen molar-refractivity contribution < 1.29 is 9.84 Å². The lowest BCUT2D eigenvalue weighted by Crippen LogP contribution is -2.26. The molecule has 1 aliphatic carbocycles. The molecule has 0 aliphatic heterocycles. The van der Waals surface area contributed by atoms with Gasteiger partial charge in [0.1, 0.15) is 11.5 Å². The lowest BCUT2D eigenvalue weighted by atomic mass is 9.91. The molecule has 6 heteroatoms. The Balaban J connectivity index is 2.05. The number of phenolic OH excluding ortho intramolecular Hbond substituents is 1. The van der Waals surface area contributed by atoms with Crippen LogP contribution in [0, 0.1) is 17.2 Å². The molecule has 0 radical (unpaired) electrons. The number of allylic oxidation sites excluding steroid dienone is 3. The van der Waals surface area contributed by atoms with Gasteiger partial charge in [0.05, 0.1) is 24.3 Å². The Labute approximate surface area is 161 Å². The summed E-state index contributed by atoms with van der Waals surface area (Å²) in [5.41, 5.74) is 5.17. The summed E-state index contributed by atoms with van der Waals surface area (Å²) in [6.07, 6.45) is 6.43. The van der Waals surface area contributed by atoms with Gasteiger partial charge in [-0.15, -0.1) is 6.58 Å². The maximum absolute atomic E-state index is 10.3. The van der Waals surface area contributed by atoms with Gasteiger partial charge in [0.2, 0.25) is 0 Å². The first-order valence-corrected chi connectivity index (χ1v) is 9.33. The molecule has 1 aromatic carbocycles. The third-order valence-corrected chi connectivity index (χ3v) is 4.80. The largest absolute Gasteiger partial charge is 0.506 e. The van der Waals surface area contributed by atoms with Gasteiger partial charge < -0.3 is 20.6 Å². The SMILES string of the molecule is C=CCC(CC)CNc1ccc(NN=C2C=C(OC)CC(C)C2=N)c(O)c1. The van der Waals surface area contributed by atoms with E-state index in [0.717, 1.165) is 30.8 Å². The van der Waals surface area contributed by atoms with Gasteiger partial charge in [0.15, 0.2) is 0 Å². The van der Waals surface area contributed by atoms with E-state index in [2.05, 4.69) is 29.3 Å². The second-order valence-electron chi connectivity index (χ2n) is 6.85. The van der Waals surface area contributed by atoms with E-state index in [-0.39, 0.29) is 11.7 Å². The fourth-order valence-electron chi connectivity index (χ4n) is 2.93. The summed E-state index contributed by atoms with van der Waals surface area (Å²) in [6, 6.07) is 5.34. The molecular weight excluding hydrogens is 340 g/mol. The number of nitrogens with one attached hydrogen (secondary N) is 3. The second-order valence-corrected chi connectivity index (χ2v) is 6.85. The van der Waals surface area contributed by atoms with Gasteiger partial charge in [-0.1, -0.05) is 26.3 Å². The zero-order valence-corrected chi connectivity index (χ0v) is 16.4. The maximum atomic E-state index is 10.3. The van der Waals surface area contributed by atoms with Crippen LogP contribution in [0.1, 0.15) is 33.1 Å². The highest BCUT2D eigenvalue weighted by Gasteiger charge is 2.22. The molecule has 146 valence electrons. The van der Waals surface area contributed by atoms with Gasteiger partial charge >= 0.3 is 0 Å². The first-order valence-electron chi connectivity index (χ1n) is 9.33. The normalized spacial score (nSPS) is 19.4. The monoisotopic (exact) mass is 370 g/mol. The minimum atomic E-state index is 0.0488. The Kier molecular flexibility index (Phi) is 7.46. The highest BCUT2D eigenvalue weighted by atomic mass is 16.5. The highest BCUT2D eigenvalue weighted by molar-refractivity contribution is 6.46. The van der Waals surface area contributed by atoms with Crippen molar-refractivity contribution in [1.29, 1.82) is 5.41 Å². The van der Waals surface area contributed by atoms with Crippen LogP contribution >= 0.6 is 0 Å². The standard InChI is InChI=1S/C21H30N4O2/c1-5-7-15(6-2)13-23-16-8-9-18(20(26)11-16)24-25-19-12-17(27-4)10-14(3)21(19)22/h5,8-9,11-12,14-15,22-24,26H,1,6-7,10,13H2,2-4H3. The van der Waals surface area contributed by atoms with Crippen LogP contribution in [0.2, 0.25) is 0 Å². The second kappa shape index (κ2) is 9.80. The quantitative estimate of drug-likeness (QED) is 0.286. The lowest BCUT2D eigenvalue weighted by Gasteiger charge is -2.20. The molecule has 1 aromatic rings. The van der Waals surface area contributed by atoms with Crippen LogP contribution in [0.4, 0.5) is 11.4 Å². The summed E-state index contributed by atoms with van der Waals surface area (Å²) in [7, 11) is 1.62. The van der Waals surface area contributed by atoms with Crippen molar-refractivity contribution in [3.8, 4) is 5.75 Å². The molecule has 27 heavy (non-hydrogen) atoms. The Morgan fingerprint density at radius 3 is 2.89 bits per heavy atom. The van der Waals surface area contributed by atoms with Crippen molar-refractivity contribution in [2.75, 3.05) is 24.4 Å². The average Bonchev–Trinajstić information content (AvgIpc) is 2.67. The molecule has 0 fully saturated rings. The summed E-state index contributed by atoms with van der Waals surface area (Å²) in [5.74, 6) is 1.47. The molecular formula is C21H30N4O2. The topological polar surface area (TPSA) is 89.7 Å². The van der Waals surface area contributed by atoms with Gasteiger partial charge in [0.25, 0.3) is 0 Å². The van der Waals surface area contributed by atoms with E-state index in [4.69, 9.17) is 10.1 Å². The number of hydrazone groups is 1. The molecule has 2 unspecified atom stereocenters. The molecule has 2 atom stereocenters. The van der Waals surface area contributed by atoms with E-state index < -0.39 is 0 Å². The van der Waals surface area contributed by atoms with Crippen molar-refractivity contribution in [3.63, 3.8) is 0 Å². The van der Waals surface area contributed by atoms with Crippen molar-refractivity contribution in [2.24, 2.45) is 16.9 Å². The van der Waals surface area contributed by atoms with Gasteiger partial charge in [-0.3, -0.25) is 5.43 Å². The Hall–Kier alpha value is -2.76. The van der Waals surface area contributed by atoms with Crippen molar-refractivity contribution in [1.82, 2.24) is 0 Å². The van der Waals surface area contributed by atoms with E-state index in [9.17, 15) is 5.11 Å². The molecule has 0 heterocycles. The van der Waals surface area contributed by atoms with Crippen LogP contribution in [-0.4, -0.2) is 30.2 Å². The zero-order valence-electron chi connectivity index (χ0n) is 16.4. The number of hydrogen-bond acceptors (Lipinski definition) is 6. The molecule has 0 aromatic heterocycles. The third kappa shape index (κ3) is 5.61. The number of anilines is 2. The van der Waals surface area contributed by atoms with E-state index in [1.165, 1.54) is 0 Å². The number of phenols is 1. The Morgan fingerprint density at radius 2 is 2.26 bits per heavy atom. The summed E-state index contributed by atoms with van der Waals surface area (Å²) in [5, 5.41) is 26.1. The van der Waals surface area contributed by atoms with Gasteiger partial charge in [-0.05, 0) is 24.5 Å². The molecule has 0 bridgehead atoms. The van der Waals surface area contributed by atoms with Gasteiger partial charge in [0, 0.05) is 36.7 Å². The van der Waals surface area contributed by atoms with Crippen molar-refractivity contribution in [3.05, 3.63) is 42.7 Å². The van der Waals surface area contributed by atoms with Crippen LogP contribution < -0.4 is 10.7 Å². The first-order chi connectivity index (χ1) is 13.0. The number of hydrogen-bond donors (Lipinski definition) is 4. The van der Waals surface area contributed by atoms with Gasteiger partial charge in [-0.2, -0.15) is 5.10 Å². The lowest BCUT2D eigenvalue weighted by molar-refractivity contribution is 0.270. The molecule has 0 saturated carbocycles. The van der Waals surface area contributed by atoms with Gasteiger partial charge in [-0.25, -0.2) is 0 Å². The number of methoxy groups -OCH3 is 1.